The summed E-state index contributed by atoms with van der Waals surface area (Å²) in [5, 5.41) is 3.18. The Morgan fingerprint density at radius 1 is 1.19 bits per heavy atom. The number of nitrogens with one attached hydrogen (secondary N) is 1. The summed E-state index contributed by atoms with van der Waals surface area (Å²) in [6.07, 6.45) is 1.94. The van der Waals surface area contributed by atoms with Crippen molar-refractivity contribution in [1.82, 2.24) is 14.5 Å². The minimum atomic E-state index is -3.59. The average molecular weight is 381 g/mol. The molecule has 2 heterocycles. The van der Waals surface area contributed by atoms with Crippen LogP contribution in [0.2, 0.25) is 0 Å². The maximum absolute atomic E-state index is 12.8. The van der Waals surface area contributed by atoms with E-state index in [4.69, 9.17) is 4.74 Å². The molecular weight excluding hydrogens is 354 g/mol. The van der Waals surface area contributed by atoms with Crippen molar-refractivity contribution < 1.29 is 17.9 Å². The number of carbonyl (C=O) groups is 1. The second-order valence-electron chi connectivity index (χ2n) is 6.84. The molecule has 1 amide bonds. The number of hydrogen-bond donors (Lipinski definition) is 1. The third-order valence-corrected chi connectivity index (χ3v) is 6.98. The number of sulfonamides is 1. The van der Waals surface area contributed by atoms with Gasteiger partial charge in [0.25, 0.3) is 5.91 Å². The van der Waals surface area contributed by atoms with E-state index >= 15 is 0 Å². The lowest BCUT2D eigenvalue weighted by Gasteiger charge is -2.32. The Morgan fingerprint density at radius 3 is 2.54 bits per heavy atom. The van der Waals surface area contributed by atoms with Gasteiger partial charge in [0.15, 0.2) is 0 Å². The molecule has 0 saturated carbocycles. The van der Waals surface area contributed by atoms with Crippen molar-refractivity contribution in [2.45, 2.75) is 17.7 Å². The SMILES string of the molecule is CNCC1CCN(C(=O)c2cccc(S(=O)(=O)N3CCOCC3)c2)CC1. The van der Waals surface area contributed by atoms with Gasteiger partial charge in [-0.1, -0.05) is 6.07 Å². The van der Waals surface area contributed by atoms with Crippen LogP contribution in [0.5, 0.6) is 0 Å². The van der Waals surface area contributed by atoms with Gasteiger partial charge in [-0.15, -0.1) is 0 Å². The molecule has 2 saturated heterocycles. The van der Waals surface area contributed by atoms with Crippen LogP contribution in [-0.4, -0.2) is 76.5 Å². The molecule has 8 heteroatoms. The summed E-state index contributed by atoms with van der Waals surface area (Å²) in [5.41, 5.74) is 0.436. The lowest BCUT2D eigenvalue weighted by Crippen LogP contribution is -2.41. The third-order valence-electron chi connectivity index (χ3n) is 5.08. The molecule has 26 heavy (non-hydrogen) atoms. The topological polar surface area (TPSA) is 79.0 Å². The molecule has 2 fully saturated rings. The predicted octanol–water partition coefficient (Wildman–Crippen LogP) is 0.779. The van der Waals surface area contributed by atoms with Crippen molar-refractivity contribution in [3.05, 3.63) is 29.8 Å². The van der Waals surface area contributed by atoms with E-state index in [9.17, 15) is 13.2 Å². The molecule has 1 aromatic carbocycles. The smallest absolute Gasteiger partial charge is 0.253 e. The lowest BCUT2D eigenvalue weighted by molar-refractivity contribution is 0.0690. The quantitative estimate of drug-likeness (QED) is 0.815. The summed E-state index contributed by atoms with van der Waals surface area (Å²) < 4.78 is 32.2. The van der Waals surface area contributed by atoms with Gasteiger partial charge in [0.2, 0.25) is 10.0 Å². The standard InChI is InChI=1S/C18H27N3O4S/c1-19-14-15-5-7-20(8-6-15)18(22)16-3-2-4-17(13-16)26(23,24)21-9-11-25-12-10-21/h2-4,13,15,19H,5-12,14H2,1H3. The van der Waals surface area contributed by atoms with Crippen molar-refractivity contribution in [1.29, 1.82) is 0 Å². The van der Waals surface area contributed by atoms with Crippen LogP contribution in [0.15, 0.2) is 29.2 Å². The second-order valence-corrected chi connectivity index (χ2v) is 8.78. The zero-order valence-electron chi connectivity index (χ0n) is 15.2. The van der Waals surface area contributed by atoms with Crippen molar-refractivity contribution in [2.24, 2.45) is 5.92 Å². The zero-order chi connectivity index (χ0) is 18.6. The van der Waals surface area contributed by atoms with Crippen LogP contribution in [0.4, 0.5) is 0 Å². The number of hydrogen-bond acceptors (Lipinski definition) is 5. The highest BCUT2D eigenvalue weighted by Gasteiger charge is 2.28. The fraction of sp³-hybridized carbons (Fsp3) is 0.611. The Bertz CT molecular complexity index is 724. The minimum absolute atomic E-state index is 0.0908. The molecule has 3 rings (SSSR count). The first-order valence-corrected chi connectivity index (χ1v) is 10.6. The highest BCUT2D eigenvalue weighted by molar-refractivity contribution is 7.89. The lowest BCUT2D eigenvalue weighted by atomic mass is 9.96. The number of nitrogens with zero attached hydrogens (tertiary/aromatic N) is 2. The fourth-order valence-corrected chi connectivity index (χ4v) is 4.99. The van der Waals surface area contributed by atoms with Crippen molar-refractivity contribution in [3.8, 4) is 0 Å². The molecule has 2 aliphatic heterocycles. The molecule has 1 N–H and O–H groups in total. The first-order chi connectivity index (χ1) is 12.5. The van der Waals surface area contributed by atoms with Gasteiger partial charge >= 0.3 is 0 Å². The van der Waals surface area contributed by atoms with E-state index < -0.39 is 10.0 Å². The highest BCUT2D eigenvalue weighted by Crippen LogP contribution is 2.22. The van der Waals surface area contributed by atoms with Crippen LogP contribution < -0.4 is 5.32 Å². The summed E-state index contributed by atoms with van der Waals surface area (Å²) in [6, 6.07) is 6.40. The molecule has 0 aromatic heterocycles. The predicted molar refractivity (Wildman–Crippen MR) is 98.6 cm³/mol. The largest absolute Gasteiger partial charge is 0.379 e. The molecular formula is C18H27N3O4S. The van der Waals surface area contributed by atoms with Crippen molar-refractivity contribution >= 4 is 15.9 Å². The summed E-state index contributed by atoms with van der Waals surface area (Å²) in [7, 11) is -1.65. The summed E-state index contributed by atoms with van der Waals surface area (Å²) in [4.78, 5) is 14.8. The molecule has 0 aliphatic carbocycles. The average Bonchev–Trinajstić information content (AvgIpc) is 2.69. The van der Waals surface area contributed by atoms with Crippen molar-refractivity contribution in [3.63, 3.8) is 0 Å². The zero-order valence-corrected chi connectivity index (χ0v) is 16.0. The van der Waals surface area contributed by atoms with E-state index in [0.717, 1.165) is 19.4 Å². The minimum Gasteiger partial charge on any atom is -0.379 e. The van der Waals surface area contributed by atoms with Gasteiger partial charge in [0.05, 0.1) is 18.1 Å². The molecule has 0 radical (unpaired) electrons. The molecule has 0 spiro atoms. The summed E-state index contributed by atoms with van der Waals surface area (Å²) in [5.74, 6) is 0.504. The number of carbonyl (C=O) groups excluding carboxylic acids is 1. The van der Waals surface area contributed by atoms with E-state index in [2.05, 4.69) is 5.32 Å². The van der Waals surface area contributed by atoms with Crippen molar-refractivity contribution in [2.75, 3.05) is 53.0 Å². The van der Waals surface area contributed by atoms with Gasteiger partial charge in [0.1, 0.15) is 0 Å². The van der Waals surface area contributed by atoms with E-state index in [-0.39, 0.29) is 10.8 Å². The summed E-state index contributed by atoms with van der Waals surface area (Å²) in [6.45, 7) is 3.89. The molecule has 7 nitrogen and oxygen atoms in total. The number of morpholine rings is 1. The van der Waals surface area contributed by atoms with E-state index in [1.54, 1.807) is 18.2 Å². The van der Waals surface area contributed by atoms with Gasteiger partial charge in [-0.25, -0.2) is 8.42 Å². The number of amides is 1. The van der Waals surface area contributed by atoms with Crippen LogP contribution in [0.3, 0.4) is 0 Å². The van der Waals surface area contributed by atoms with Crippen LogP contribution >= 0.6 is 0 Å². The Labute approximate surface area is 155 Å². The molecule has 0 unspecified atom stereocenters. The number of piperidine rings is 1. The molecule has 144 valence electrons. The van der Waals surface area contributed by atoms with Gasteiger partial charge in [-0.3, -0.25) is 4.79 Å². The monoisotopic (exact) mass is 381 g/mol. The highest BCUT2D eigenvalue weighted by atomic mass is 32.2. The van der Waals surface area contributed by atoms with E-state index in [1.807, 2.05) is 11.9 Å². The number of rotatable bonds is 5. The van der Waals surface area contributed by atoms with Crippen LogP contribution in [0.1, 0.15) is 23.2 Å². The maximum atomic E-state index is 12.8. The molecule has 0 atom stereocenters. The first kappa shape index (κ1) is 19.3. The van der Waals surface area contributed by atoms with Crippen LogP contribution in [0.25, 0.3) is 0 Å². The normalized spacial score (nSPS) is 20.3. The Balaban J connectivity index is 1.72. The Kier molecular flexibility index (Phi) is 6.29. The van der Waals surface area contributed by atoms with Gasteiger partial charge in [-0.2, -0.15) is 4.31 Å². The van der Waals surface area contributed by atoms with Gasteiger partial charge < -0.3 is 15.0 Å². The fourth-order valence-electron chi connectivity index (χ4n) is 3.54. The molecule has 0 bridgehead atoms. The number of benzene rings is 1. The second kappa shape index (κ2) is 8.47. The third kappa shape index (κ3) is 4.25. The summed E-state index contributed by atoms with van der Waals surface area (Å²) >= 11 is 0. The Morgan fingerprint density at radius 2 is 1.88 bits per heavy atom. The number of likely N-dealkylation sites (tertiary alicyclic amines) is 1. The van der Waals surface area contributed by atoms with Gasteiger partial charge in [-0.05, 0) is 50.6 Å². The van der Waals surface area contributed by atoms with Gasteiger partial charge in [0, 0.05) is 31.7 Å². The van der Waals surface area contributed by atoms with Crippen LogP contribution in [-0.2, 0) is 14.8 Å². The maximum Gasteiger partial charge on any atom is 0.253 e. The van der Waals surface area contributed by atoms with E-state index in [1.165, 1.54) is 10.4 Å². The first-order valence-electron chi connectivity index (χ1n) is 9.14. The van der Waals surface area contributed by atoms with Crippen LogP contribution in [0, 0.1) is 5.92 Å². The Hall–Kier alpha value is -1.48. The number of ether oxygens (including phenoxy) is 1. The molecule has 1 aromatic rings. The molecule has 2 aliphatic rings. The van der Waals surface area contributed by atoms with E-state index in [0.29, 0.717) is 50.9 Å².